The van der Waals surface area contributed by atoms with E-state index < -0.39 is 14.9 Å². The predicted octanol–water partition coefficient (Wildman–Crippen LogP) is 1.64. The van der Waals surface area contributed by atoms with Gasteiger partial charge in [-0.15, -0.1) is 0 Å². The smallest absolute Gasteiger partial charge is 0.270 e. The largest absolute Gasteiger partial charge is 0.370 e. The molecule has 0 amide bonds. The van der Waals surface area contributed by atoms with Crippen molar-refractivity contribution < 1.29 is 13.3 Å². The molecule has 1 aliphatic heterocycles. The molecule has 1 saturated heterocycles. The Morgan fingerprint density at radius 2 is 1.89 bits per heavy atom. The fourth-order valence-electron chi connectivity index (χ4n) is 3.00. The number of hydrogen-bond acceptors (Lipinski definition) is 8. The summed E-state index contributed by atoms with van der Waals surface area (Å²) in [6.45, 7) is 5.97. The van der Waals surface area contributed by atoms with Crippen LogP contribution in [-0.4, -0.2) is 60.3 Å². The summed E-state index contributed by atoms with van der Waals surface area (Å²) >= 11 is 0. The van der Waals surface area contributed by atoms with E-state index in [9.17, 15) is 18.5 Å². The monoisotopic (exact) mass is 406 g/mol. The standard InChI is InChI=1S/C17H22N6O4S/c1-3-18-16-11-13(2)19-17(20-16)21-7-9-22(10-8-21)28(26,27)15-6-4-5-14(12-15)23(24)25/h4-6,11-12H,3,7-10H2,1-2H3,(H,18,19,20). The number of hydrogen-bond donors (Lipinski definition) is 1. The number of anilines is 2. The van der Waals surface area contributed by atoms with Gasteiger partial charge in [0.05, 0.1) is 9.82 Å². The Hall–Kier alpha value is -2.79. The summed E-state index contributed by atoms with van der Waals surface area (Å²) in [7, 11) is -3.80. The minimum atomic E-state index is -3.80. The summed E-state index contributed by atoms with van der Waals surface area (Å²) in [5.74, 6) is 1.29. The van der Waals surface area contributed by atoms with Gasteiger partial charge in [-0.1, -0.05) is 6.07 Å². The van der Waals surface area contributed by atoms with Crippen molar-refractivity contribution in [3.05, 3.63) is 46.1 Å². The van der Waals surface area contributed by atoms with E-state index in [1.54, 1.807) is 0 Å². The van der Waals surface area contributed by atoms with E-state index in [4.69, 9.17) is 0 Å². The molecular weight excluding hydrogens is 384 g/mol. The van der Waals surface area contributed by atoms with Crippen LogP contribution in [0.2, 0.25) is 0 Å². The lowest BCUT2D eigenvalue weighted by molar-refractivity contribution is -0.385. The predicted molar refractivity (Wildman–Crippen MR) is 105 cm³/mol. The van der Waals surface area contributed by atoms with Gasteiger partial charge in [-0.2, -0.15) is 9.29 Å². The maximum Gasteiger partial charge on any atom is 0.270 e. The first kappa shape index (κ1) is 20.0. The number of non-ortho nitro benzene ring substituents is 1. The highest BCUT2D eigenvalue weighted by Crippen LogP contribution is 2.23. The van der Waals surface area contributed by atoms with Crippen LogP contribution in [0.25, 0.3) is 0 Å². The lowest BCUT2D eigenvalue weighted by Gasteiger charge is -2.34. The zero-order valence-electron chi connectivity index (χ0n) is 15.7. The molecule has 0 spiro atoms. The Balaban J connectivity index is 1.75. The first-order valence-corrected chi connectivity index (χ1v) is 10.3. The molecule has 10 nitrogen and oxygen atoms in total. The highest BCUT2D eigenvalue weighted by atomic mass is 32.2. The molecule has 1 aromatic carbocycles. The van der Waals surface area contributed by atoms with E-state index in [-0.39, 0.29) is 23.7 Å². The van der Waals surface area contributed by atoms with Crippen LogP contribution >= 0.6 is 0 Å². The van der Waals surface area contributed by atoms with E-state index >= 15 is 0 Å². The summed E-state index contributed by atoms with van der Waals surface area (Å²) in [5, 5.41) is 14.1. The average molecular weight is 406 g/mol. The van der Waals surface area contributed by atoms with Crippen molar-refractivity contribution in [2.45, 2.75) is 18.7 Å². The highest BCUT2D eigenvalue weighted by molar-refractivity contribution is 7.89. The fraction of sp³-hybridized carbons (Fsp3) is 0.412. The van der Waals surface area contributed by atoms with E-state index in [2.05, 4.69) is 15.3 Å². The summed E-state index contributed by atoms with van der Waals surface area (Å²) in [6, 6.07) is 6.98. The number of benzene rings is 1. The molecule has 0 unspecified atom stereocenters. The van der Waals surface area contributed by atoms with Crippen LogP contribution in [0.4, 0.5) is 17.5 Å². The molecular formula is C17H22N6O4S. The van der Waals surface area contributed by atoms with E-state index in [0.717, 1.165) is 24.1 Å². The summed E-state index contributed by atoms with van der Waals surface area (Å²) in [6.07, 6.45) is 0. The van der Waals surface area contributed by atoms with E-state index in [1.807, 2.05) is 24.8 Å². The van der Waals surface area contributed by atoms with Crippen molar-refractivity contribution in [1.29, 1.82) is 0 Å². The third-order valence-electron chi connectivity index (χ3n) is 4.39. The number of aromatic nitrogens is 2. The second-order valence-electron chi connectivity index (χ2n) is 6.37. The number of sulfonamides is 1. The average Bonchev–Trinajstić information content (AvgIpc) is 2.68. The number of aryl methyl sites for hydroxylation is 1. The molecule has 1 aromatic heterocycles. The van der Waals surface area contributed by atoms with Crippen molar-refractivity contribution in [3.8, 4) is 0 Å². The molecule has 2 aromatic rings. The number of piperazine rings is 1. The van der Waals surface area contributed by atoms with Gasteiger partial charge in [0.1, 0.15) is 5.82 Å². The van der Waals surface area contributed by atoms with E-state index in [1.165, 1.54) is 22.5 Å². The van der Waals surface area contributed by atoms with Crippen LogP contribution in [-0.2, 0) is 10.0 Å². The van der Waals surface area contributed by atoms with Gasteiger partial charge in [-0.05, 0) is 19.9 Å². The van der Waals surface area contributed by atoms with Crippen molar-refractivity contribution in [2.24, 2.45) is 0 Å². The molecule has 3 rings (SSSR count). The van der Waals surface area contributed by atoms with Gasteiger partial charge in [0, 0.05) is 56.6 Å². The Labute approximate surface area is 163 Å². The van der Waals surface area contributed by atoms with Gasteiger partial charge in [-0.25, -0.2) is 13.4 Å². The maximum atomic E-state index is 12.8. The molecule has 0 aliphatic carbocycles. The van der Waals surface area contributed by atoms with Crippen molar-refractivity contribution in [1.82, 2.24) is 14.3 Å². The molecule has 11 heteroatoms. The van der Waals surface area contributed by atoms with Gasteiger partial charge < -0.3 is 10.2 Å². The molecule has 1 N–H and O–H groups in total. The topological polar surface area (TPSA) is 122 Å². The van der Waals surface area contributed by atoms with Crippen LogP contribution < -0.4 is 10.2 Å². The lowest BCUT2D eigenvalue weighted by atomic mass is 10.3. The van der Waals surface area contributed by atoms with Crippen molar-refractivity contribution in [2.75, 3.05) is 42.9 Å². The summed E-state index contributed by atoms with van der Waals surface area (Å²) in [4.78, 5) is 21.1. The molecule has 0 radical (unpaired) electrons. The summed E-state index contributed by atoms with van der Waals surface area (Å²) in [5.41, 5.74) is 0.580. The van der Waals surface area contributed by atoms with Gasteiger partial charge in [-0.3, -0.25) is 10.1 Å². The second-order valence-corrected chi connectivity index (χ2v) is 8.31. The second kappa shape index (κ2) is 8.07. The Kier molecular flexibility index (Phi) is 5.75. The van der Waals surface area contributed by atoms with Crippen LogP contribution in [0.15, 0.2) is 35.2 Å². The van der Waals surface area contributed by atoms with Crippen LogP contribution in [0.5, 0.6) is 0 Å². The van der Waals surface area contributed by atoms with Gasteiger partial charge in [0.2, 0.25) is 16.0 Å². The lowest BCUT2D eigenvalue weighted by Crippen LogP contribution is -2.49. The molecule has 0 atom stereocenters. The van der Waals surface area contributed by atoms with Gasteiger partial charge >= 0.3 is 0 Å². The fourth-order valence-corrected chi connectivity index (χ4v) is 4.46. The SMILES string of the molecule is CCNc1cc(C)nc(N2CCN(S(=O)(=O)c3cccc([N+](=O)[O-])c3)CC2)n1. The normalized spacial score (nSPS) is 15.4. The quantitative estimate of drug-likeness (QED) is 0.567. The zero-order valence-corrected chi connectivity index (χ0v) is 16.5. The first-order valence-electron chi connectivity index (χ1n) is 8.90. The van der Waals surface area contributed by atoms with Crippen molar-refractivity contribution >= 4 is 27.5 Å². The zero-order chi connectivity index (χ0) is 20.3. The third-order valence-corrected chi connectivity index (χ3v) is 6.28. The molecule has 0 saturated carbocycles. The number of nitrogens with zero attached hydrogens (tertiary/aromatic N) is 5. The number of nitro benzene ring substituents is 1. The minimum Gasteiger partial charge on any atom is -0.370 e. The van der Waals surface area contributed by atoms with Crippen LogP contribution in [0.3, 0.4) is 0 Å². The van der Waals surface area contributed by atoms with E-state index in [0.29, 0.717) is 19.0 Å². The molecule has 1 aliphatic rings. The van der Waals surface area contributed by atoms with Gasteiger partial charge in [0.25, 0.3) is 5.69 Å². The molecule has 150 valence electrons. The molecule has 1 fully saturated rings. The molecule has 28 heavy (non-hydrogen) atoms. The first-order chi connectivity index (χ1) is 13.3. The Morgan fingerprint density at radius 3 is 2.54 bits per heavy atom. The number of rotatable bonds is 6. The van der Waals surface area contributed by atoms with Gasteiger partial charge in [0.15, 0.2) is 0 Å². The Bertz CT molecular complexity index is 973. The van der Waals surface area contributed by atoms with Crippen LogP contribution in [0, 0.1) is 17.0 Å². The summed E-state index contributed by atoms with van der Waals surface area (Å²) < 4.78 is 27.0. The number of nitro groups is 1. The Morgan fingerprint density at radius 1 is 1.18 bits per heavy atom. The third kappa shape index (κ3) is 4.20. The molecule has 0 bridgehead atoms. The van der Waals surface area contributed by atoms with Crippen molar-refractivity contribution in [3.63, 3.8) is 0 Å². The maximum absolute atomic E-state index is 12.8. The molecule has 2 heterocycles. The highest BCUT2D eigenvalue weighted by Gasteiger charge is 2.30. The van der Waals surface area contributed by atoms with Crippen LogP contribution in [0.1, 0.15) is 12.6 Å². The minimum absolute atomic E-state index is 0.0728. The number of nitrogens with one attached hydrogen (secondary N) is 1.